The molecule has 0 amide bonds. The third-order valence-corrected chi connectivity index (χ3v) is 5.36. The minimum absolute atomic E-state index is 0.425. The summed E-state index contributed by atoms with van der Waals surface area (Å²) in [7, 11) is 0. The summed E-state index contributed by atoms with van der Waals surface area (Å²) in [5.41, 5.74) is 0.914. The van der Waals surface area contributed by atoms with Gasteiger partial charge in [-0.05, 0) is 37.8 Å². The Morgan fingerprint density at radius 1 is 0.960 bits per heavy atom. The molecule has 0 N–H and O–H groups in total. The van der Waals surface area contributed by atoms with Crippen molar-refractivity contribution in [2.75, 3.05) is 18.0 Å². The van der Waals surface area contributed by atoms with Crippen molar-refractivity contribution >= 4 is 23.1 Å². The number of pyridine rings is 1. The van der Waals surface area contributed by atoms with Crippen molar-refractivity contribution in [2.45, 2.75) is 37.5 Å². The van der Waals surface area contributed by atoms with Gasteiger partial charge in [0, 0.05) is 37.2 Å². The topological polar surface area (TPSA) is 59.2 Å². The first-order valence-electron chi connectivity index (χ1n) is 8.87. The maximum atomic E-state index is 6.22. The zero-order valence-electron chi connectivity index (χ0n) is 13.8. The number of anilines is 1. The minimum atomic E-state index is 0.425. The molecule has 5 rings (SSSR count). The third-order valence-electron chi connectivity index (χ3n) is 5.17. The van der Waals surface area contributed by atoms with Crippen molar-refractivity contribution in [1.82, 2.24) is 24.6 Å². The maximum Gasteiger partial charge on any atom is 0.160 e. The monoisotopic (exact) mass is 354 g/mol. The molecule has 6 nitrogen and oxygen atoms in total. The fourth-order valence-electron chi connectivity index (χ4n) is 3.61. The molecular formula is C18H19ClN6. The van der Waals surface area contributed by atoms with Gasteiger partial charge in [-0.25, -0.2) is 9.97 Å². The van der Waals surface area contributed by atoms with Crippen molar-refractivity contribution in [3.05, 3.63) is 47.3 Å². The summed E-state index contributed by atoms with van der Waals surface area (Å²) in [6.07, 6.45) is 6.49. The number of rotatable bonds is 3. The van der Waals surface area contributed by atoms with Crippen LogP contribution in [-0.4, -0.2) is 37.7 Å². The maximum absolute atomic E-state index is 6.22. The number of fused-ring (bicyclic) bond motifs is 1. The first-order chi connectivity index (χ1) is 12.3. The molecule has 0 unspecified atom stereocenters. The van der Waals surface area contributed by atoms with Gasteiger partial charge in [0.2, 0.25) is 0 Å². The van der Waals surface area contributed by atoms with Crippen LogP contribution in [0.2, 0.25) is 5.15 Å². The molecule has 3 aromatic rings. The van der Waals surface area contributed by atoms with Gasteiger partial charge in [-0.1, -0.05) is 17.7 Å². The fraction of sp³-hybridized carbons (Fsp3) is 0.444. The summed E-state index contributed by atoms with van der Waals surface area (Å²) < 4.78 is 2.10. The Morgan fingerprint density at radius 3 is 2.60 bits per heavy atom. The van der Waals surface area contributed by atoms with Crippen LogP contribution < -0.4 is 4.90 Å². The van der Waals surface area contributed by atoms with E-state index in [0.717, 1.165) is 49.0 Å². The van der Waals surface area contributed by atoms with Crippen LogP contribution in [0.15, 0.2) is 30.5 Å². The zero-order chi connectivity index (χ0) is 16.8. The Morgan fingerprint density at radius 2 is 1.80 bits per heavy atom. The highest BCUT2D eigenvalue weighted by Crippen LogP contribution is 2.39. The van der Waals surface area contributed by atoms with Gasteiger partial charge in [0.05, 0.1) is 0 Å². The Bertz CT molecular complexity index is 911. The van der Waals surface area contributed by atoms with Gasteiger partial charge in [-0.15, -0.1) is 10.2 Å². The van der Waals surface area contributed by atoms with E-state index in [0.29, 0.717) is 17.0 Å². The van der Waals surface area contributed by atoms with E-state index in [1.165, 1.54) is 12.8 Å². The lowest BCUT2D eigenvalue weighted by Crippen LogP contribution is -2.34. The van der Waals surface area contributed by atoms with E-state index >= 15 is 0 Å². The third kappa shape index (κ3) is 2.84. The van der Waals surface area contributed by atoms with E-state index < -0.39 is 0 Å². The van der Waals surface area contributed by atoms with Gasteiger partial charge in [-0.3, -0.25) is 4.40 Å². The molecule has 0 atom stereocenters. The van der Waals surface area contributed by atoms with Crippen LogP contribution >= 0.6 is 11.6 Å². The summed E-state index contributed by atoms with van der Waals surface area (Å²) in [5, 5.41) is 9.26. The second-order valence-electron chi connectivity index (χ2n) is 6.93. The van der Waals surface area contributed by atoms with Crippen LogP contribution in [0.25, 0.3) is 5.65 Å². The van der Waals surface area contributed by atoms with Crippen molar-refractivity contribution in [3.63, 3.8) is 0 Å². The molecule has 2 fully saturated rings. The number of nitrogens with zero attached hydrogens (tertiary/aromatic N) is 6. The summed E-state index contributed by atoms with van der Waals surface area (Å²) in [4.78, 5) is 11.5. The van der Waals surface area contributed by atoms with Crippen molar-refractivity contribution < 1.29 is 0 Å². The molecule has 4 heterocycles. The van der Waals surface area contributed by atoms with Gasteiger partial charge in [0.15, 0.2) is 5.65 Å². The molecule has 0 bridgehead atoms. The second-order valence-corrected chi connectivity index (χ2v) is 7.32. The highest BCUT2D eigenvalue weighted by molar-refractivity contribution is 6.29. The van der Waals surface area contributed by atoms with Crippen LogP contribution in [0.5, 0.6) is 0 Å². The molecule has 0 radical (unpaired) electrons. The molecule has 7 heteroatoms. The number of hydrogen-bond donors (Lipinski definition) is 0. The van der Waals surface area contributed by atoms with Crippen molar-refractivity contribution in [2.24, 2.45) is 0 Å². The number of piperidine rings is 1. The largest absolute Gasteiger partial charge is 0.356 e. The quantitative estimate of drug-likeness (QED) is 0.674. The van der Waals surface area contributed by atoms with Gasteiger partial charge in [0.25, 0.3) is 0 Å². The lowest BCUT2D eigenvalue weighted by molar-refractivity contribution is 0.480. The minimum Gasteiger partial charge on any atom is -0.356 e. The van der Waals surface area contributed by atoms with Crippen LogP contribution in [-0.2, 0) is 0 Å². The Labute approximate surface area is 150 Å². The first-order valence-corrected chi connectivity index (χ1v) is 9.25. The normalized spacial score (nSPS) is 18.8. The fourth-order valence-corrected chi connectivity index (χ4v) is 3.80. The van der Waals surface area contributed by atoms with Crippen LogP contribution in [0, 0.1) is 0 Å². The first kappa shape index (κ1) is 15.1. The van der Waals surface area contributed by atoms with E-state index in [1.54, 1.807) is 0 Å². The van der Waals surface area contributed by atoms with E-state index in [9.17, 15) is 0 Å². The van der Waals surface area contributed by atoms with Gasteiger partial charge in [-0.2, -0.15) is 0 Å². The number of hydrogen-bond acceptors (Lipinski definition) is 5. The number of aromatic nitrogens is 5. The van der Waals surface area contributed by atoms with E-state index in [4.69, 9.17) is 16.6 Å². The van der Waals surface area contributed by atoms with Crippen molar-refractivity contribution in [3.8, 4) is 0 Å². The Balaban J connectivity index is 1.34. The molecule has 25 heavy (non-hydrogen) atoms. The molecule has 0 aromatic carbocycles. The van der Waals surface area contributed by atoms with Gasteiger partial charge in [0.1, 0.15) is 22.6 Å². The summed E-state index contributed by atoms with van der Waals surface area (Å²) in [5.74, 6) is 3.88. The van der Waals surface area contributed by atoms with E-state index in [1.807, 2.05) is 30.5 Å². The molecule has 2 aliphatic rings. The van der Waals surface area contributed by atoms with Gasteiger partial charge < -0.3 is 4.90 Å². The molecule has 1 aliphatic carbocycles. The standard InChI is InChI=1S/C18H19ClN6/c19-14-11-16(21-17(20-14)12-4-5-12)24-9-6-13(7-10-24)18-23-22-15-3-1-2-8-25(15)18/h1-3,8,11-13H,4-7,9-10H2. The highest BCUT2D eigenvalue weighted by atomic mass is 35.5. The molecule has 0 spiro atoms. The second kappa shape index (κ2) is 5.95. The molecule has 3 aromatic heterocycles. The molecular weight excluding hydrogens is 336 g/mol. The Hall–Kier alpha value is -2.21. The van der Waals surface area contributed by atoms with Crippen LogP contribution in [0.3, 0.4) is 0 Å². The highest BCUT2D eigenvalue weighted by Gasteiger charge is 2.29. The van der Waals surface area contributed by atoms with E-state index in [2.05, 4.69) is 24.5 Å². The number of halogens is 1. The Kier molecular flexibility index (Phi) is 3.59. The predicted molar refractivity (Wildman–Crippen MR) is 96.2 cm³/mol. The molecule has 1 aliphatic heterocycles. The summed E-state index contributed by atoms with van der Waals surface area (Å²) in [6.45, 7) is 1.90. The average molecular weight is 355 g/mol. The lowest BCUT2D eigenvalue weighted by atomic mass is 9.96. The molecule has 128 valence electrons. The van der Waals surface area contributed by atoms with Gasteiger partial charge >= 0.3 is 0 Å². The van der Waals surface area contributed by atoms with Crippen LogP contribution in [0.4, 0.5) is 5.82 Å². The smallest absolute Gasteiger partial charge is 0.160 e. The molecule has 1 saturated heterocycles. The summed E-state index contributed by atoms with van der Waals surface area (Å²) in [6, 6.07) is 7.90. The average Bonchev–Trinajstić information content (AvgIpc) is 3.41. The predicted octanol–water partition coefficient (Wildman–Crippen LogP) is 3.43. The van der Waals surface area contributed by atoms with Crippen LogP contribution in [0.1, 0.15) is 49.2 Å². The van der Waals surface area contributed by atoms with Crippen molar-refractivity contribution in [1.29, 1.82) is 0 Å². The molecule has 1 saturated carbocycles. The lowest BCUT2D eigenvalue weighted by Gasteiger charge is -2.32. The summed E-state index contributed by atoms with van der Waals surface area (Å²) >= 11 is 6.22. The zero-order valence-corrected chi connectivity index (χ0v) is 14.6. The van der Waals surface area contributed by atoms with E-state index in [-0.39, 0.29) is 0 Å². The SMILES string of the molecule is Clc1cc(N2CCC(c3nnc4ccccn34)CC2)nc(C2CC2)n1.